The van der Waals surface area contributed by atoms with E-state index in [1.807, 2.05) is 0 Å². The third kappa shape index (κ3) is 6.68. The van der Waals surface area contributed by atoms with Gasteiger partial charge in [0.25, 0.3) is 0 Å². The molecule has 72 valence electrons. The summed E-state index contributed by atoms with van der Waals surface area (Å²) in [5.74, 6) is 0.843. The third-order valence-corrected chi connectivity index (χ3v) is 1.93. The lowest BCUT2D eigenvalue weighted by atomic mass is 10.0. The quantitative estimate of drug-likeness (QED) is 0.528. The number of rotatable bonds is 3. The van der Waals surface area contributed by atoms with E-state index in [9.17, 15) is 0 Å². The average Bonchev–Trinajstić information content (AvgIpc) is 2.72. The SMILES string of the molecule is CCC(CC)C1CO1.O=[P+](O)O. The van der Waals surface area contributed by atoms with Crippen molar-refractivity contribution in [2.24, 2.45) is 5.92 Å². The predicted octanol–water partition coefficient (Wildman–Crippen LogP) is 1.45. The molecule has 0 aromatic carbocycles. The number of hydrogen-bond donors (Lipinski definition) is 2. The molecule has 1 fully saturated rings. The Bertz CT molecular complexity index is 127. The first kappa shape index (κ1) is 12.0. The van der Waals surface area contributed by atoms with Gasteiger partial charge in [0, 0.05) is 4.57 Å². The zero-order valence-corrected chi connectivity index (χ0v) is 8.33. The molecule has 1 aliphatic heterocycles. The van der Waals surface area contributed by atoms with E-state index in [-0.39, 0.29) is 0 Å². The Labute approximate surface area is 73.5 Å². The van der Waals surface area contributed by atoms with Crippen LogP contribution < -0.4 is 0 Å². The van der Waals surface area contributed by atoms with Crippen LogP contribution in [0.3, 0.4) is 0 Å². The van der Waals surface area contributed by atoms with Gasteiger partial charge < -0.3 is 4.74 Å². The minimum atomic E-state index is -2.87. The lowest BCUT2D eigenvalue weighted by Crippen LogP contribution is -2.04. The Morgan fingerprint density at radius 3 is 1.92 bits per heavy atom. The number of hydrogen-bond acceptors (Lipinski definition) is 2. The largest absolute Gasteiger partial charge is 0.692 e. The van der Waals surface area contributed by atoms with Crippen LogP contribution in [0, 0.1) is 5.92 Å². The van der Waals surface area contributed by atoms with Gasteiger partial charge >= 0.3 is 8.25 Å². The van der Waals surface area contributed by atoms with Crippen LogP contribution >= 0.6 is 8.25 Å². The highest BCUT2D eigenvalue weighted by Gasteiger charge is 2.29. The van der Waals surface area contributed by atoms with E-state index in [1.165, 1.54) is 12.8 Å². The van der Waals surface area contributed by atoms with Gasteiger partial charge in [-0.25, -0.2) is 0 Å². The topological polar surface area (TPSA) is 70.1 Å². The summed E-state index contributed by atoms with van der Waals surface area (Å²) in [7, 11) is -2.87. The van der Waals surface area contributed by atoms with Crippen molar-refractivity contribution in [2.75, 3.05) is 6.61 Å². The Morgan fingerprint density at radius 1 is 1.50 bits per heavy atom. The van der Waals surface area contributed by atoms with Crippen LogP contribution in [0.25, 0.3) is 0 Å². The molecule has 4 nitrogen and oxygen atoms in total. The zero-order chi connectivity index (χ0) is 9.56. The molecular formula is C7H16O4P+. The summed E-state index contributed by atoms with van der Waals surface area (Å²) >= 11 is 0. The van der Waals surface area contributed by atoms with Crippen LogP contribution in [0.15, 0.2) is 0 Å². The van der Waals surface area contributed by atoms with Crippen molar-refractivity contribution in [3.8, 4) is 0 Å². The summed E-state index contributed by atoms with van der Waals surface area (Å²) < 4.78 is 13.9. The molecule has 12 heavy (non-hydrogen) atoms. The molecule has 1 atom stereocenters. The first-order valence-electron chi connectivity index (χ1n) is 4.08. The zero-order valence-electron chi connectivity index (χ0n) is 7.43. The van der Waals surface area contributed by atoms with Crippen molar-refractivity contribution < 1.29 is 19.1 Å². The molecule has 0 aromatic rings. The van der Waals surface area contributed by atoms with Crippen molar-refractivity contribution in [2.45, 2.75) is 32.8 Å². The average molecular weight is 195 g/mol. The molecule has 5 heteroatoms. The second kappa shape index (κ2) is 6.49. The van der Waals surface area contributed by atoms with E-state index in [4.69, 9.17) is 19.1 Å². The highest BCUT2D eigenvalue weighted by atomic mass is 31.1. The highest BCUT2D eigenvalue weighted by Crippen LogP contribution is 2.25. The maximum absolute atomic E-state index is 8.70. The molecule has 2 N–H and O–H groups in total. The summed E-state index contributed by atoms with van der Waals surface area (Å²) in [5, 5.41) is 0. The van der Waals surface area contributed by atoms with Crippen LogP contribution in [-0.4, -0.2) is 22.5 Å². The summed E-state index contributed by atoms with van der Waals surface area (Å²) in [6.45, 7) is 5.48. The van der Waals surface area contributed by atoms with Crippen molar-refractivity contribution in [3.05, 3.63) is 0 Å². The van der Waals surface area contributed by atoms with Gasteiger partial charge in [-0.1, -0.05) is 26.7 Å². The van der Waals surface area contributed by atoms with Crippen LogP contribution in [0.2, 0.25) is 0 Å². The molecule has 1 rings (SSSR count). The third-order valence-electron chi connectivity index (χ3n) is 1.93. The Hall–Kier alpha value is -0.0200. The first-order chi connectivity index (χ1) is 5.61. The molecular weight excluding hydrogens is 179 g/mol. The minimum absolute atomic E-state index is 0.630. The Kier molecular flexibility index (Phi) is 6.48. The summed E-state index contributed by atoms with van der Waals surface area (Å²) in [5.41, 5.74) is 0. The lowest BCUT2D eigenvalue weighted by Gasteiger charge is -2.05. The van der Waals surface area contributed by atoms with Crippen LogP contribution in [0.4, 0.5) is 0 Å². The van der Waals surface area contributed by atoms with Gasteiger partial charge in [0.15, 0.2) is 0 Å². The van der Waals surface area contributed by atoms with Crippen molar-refractivity contribution >= 4 is 8.25 Å². The fourth-order valence-electron chi connectivity index (χ4n) is 1.14. The van der Waals surface area contributed by atoms with Gasteiger partial charge in [-0.05, 0) is 5.92 Å². The fraction of sp³-hybridized carbons (Fsp3) is 1.00. The Morgan fingerprint density at radius 2 is 1.83 bits per heavy atom. The number of ether oxygens (including phenoxy) is 1. The molecule has 0 bridgehead atoms. The van der Waals surface area contributed by atoms with Gasteiger partial charge in [0.1, 0.15) is 0 Å². The smallest absolute Gasteiger partial charge is 0.373 e. The summed E-state index contributed by atoms with van der Waals surface area (Å²) in [6.07, 6.45) is 3.19. The van der Waals surface area contributed by atoms with Crippen LogP contribution in [0.1, 0.15) is 26.7 Å². The standard InChI is InChI=1S/C7H14O.HO3P/c1-3-6(4-2)7-5-8-7;1-4(2)3/h6-7H,3-5H2,1-2H3;(H-,1,2,3)/p+1. The van der Waals surface area contributed by atoms with Gasteiger partial charge in [-0.2, -0.15) is 0 Å². The maximum atomic E-state index is 8.70. The van der Waals surface area contributed by atoms with Gasteiger partial charge in [0.05, 0.1) is 12.7 Å². The first-order valence-corrected chi connectivity index (χ1v) is 5.24. The van der Waals surface area contributed by atoms with E-state index >= 15 is 0 Å². The molecule has 0 spiro atoms. The van der Waals surface area contributed by atoms with E-state index in [2.05, 4.69) is 13.8 Å². The second-order valence-corrected chi connectivity index (χ2v) is 3.21. The van der Waals surface area contributed by atoms with E-state index in [1.54, 1.807) is 0 Å². The fourth-order valence-corrected chi connectivity index (χ4v) is 1.14. The molecule has 1 saturated heterocycles. The normalized spacial score (nSPS) is 19.9. The Balaban J connectivity index is 0.000000261. The van der Waals surface area contributed by atoms with Gasteiger partial charge in [0.2, 0.25) is 0 Å². The van der Waals surface area contributed by atoms with Gasteiger partial charge in [-0.3, -0.25) is 0 Å². The van der Waals surface area contributed by atoms with Crippen LogP contribution in [-0.2, 0) is 9.30 Å². The summed E-state index contributed by atoms with van der Waals surface area (Å²) in [6, 6.07) is 0. The molecule has 0 radical (unpaired) electrons. The molecule has 0 saturated carbocycles. The van der Waals surface area contributed by atoms with Crippen molar-refractivity contribution in [3.63, 3.8) is 0 Å². The maximum Gasteiger partial charge on any atom is 0.692 e. The van der Waals surface area contributed by atoms with Crippen LogP contribution in [0.5, 0.6) is 0 Å². The predicted molar refractivity (Wildman–Crippen MR) is 45.9 cm³/mol. The van der Waals surface area contributed by atoms with E-state index in [0.717, 1.165) is 12.5 Å². The van der Waals surface area contributed by atoms with Crippen molar-refractivity contribution in [1.29, 1.82) is 0 Å². The molecule has 0 amide bonds. The monoisotopic (exact) mass is 195 g/mol. The summed E-state index contributed by atoms with van der Waals surface area (Å²) in [4.78, 5) is 14.2. The molecule has 1 unspecified atom stereocenters. The van der Waals surface area contributed by atoms with Gasteiger partial charge in [-0.15, -0.1) is 9.79 Å². The minimum Gasteiger partial charge on any atom is -0.373 e. The molecule has 1 aliphatic rings. The molecule has 0 aromatic heterocycles. The molecule has 1 heterocycles. The highest BCUT2D eigenvalue weighted by molar-refractivity contribution is 7.30. The number of epoxide rings is 1. The lowest BCUT2D eigenvalue weighted by molar-refractivity contribution is 0.316. The van der Waals surface area contributed by atoms with E-state index in [0.29, 0.717) is 6.10 Å². The second-order valence-electron chi connectivity index (χ2n) is 2.70. The van der Waals surface area contributed by atoms with E-state index < -0.39 is 8.25 Å². The van der Waals surface area contributed by atoms with Crippen molar-refractivity contribution in [1.82, 2.24) is 0 Å². The molecule has 0 aliphatic carbocycles.